The van der Waals surface area contributed by atoms with Gasteiger partial charge in [0.25, 0.3) is 0 Å². The van der Waals surface area contributed by atoms with E-state index in [1.165, 1.54) is 12.1 Å². The summed E-state index contributed by atoms with van der Waals surface area (Å²) < 4.78 is 18.2. The first-order valence-electron chi connectivity index (χ1n) is 7.34. The first-order chi connectivity index (χ1) is 10.7. The molecule has 0 aliphatic heterocycles. The van der Waals surface area contributed by atoms with Crippen molar-refractivity contribution in [3.63, 3.8) is 0 Å². The van der Waals surface area contributed by atoms with Gasteiger partial charge in [-0.1, -0.05) is 30.3 Å². The number of amides is 1. The fraction of sp³-hybridized carbons (Fsp3) is 0.278. The van der Waals surface area contributed by atoms with E-state index in [0.717, 1.165) is 23.3 Å². The van der Waals surface area contributed by atoms with Crippen LogP contribution in [0.4, 0.5) is 4.39 Å². The van der Waals surface area contributed by atoms with Crippen LogP contribution in [0, 0.1) is 11.7 Å². The molecule has 4 heteroatoms. The van der Waals surface area contributed by atoms with Gasteiger partial charge < -0.3 is 10.1 Å². The Hall–Kier alpha value is -2.36. The Kier molecular flexibility index (Phi) is 4.09. The van der Waals surface area contributed by atoms with E-state index in [9.17, 15) is 9.18 Å². The van der Waals surface area contributed by atoms with Gasteiger partial charge in [0, 0.05) is 18.0 Å². The van der Waals surface area contributed by atoms with Crippen LogP contribution in [0.1, 0.15) is 23.5 Å². The number of hydrogen-bond acceptors (Lipinski definition) is 2. The molecule has 114 valence electrons. The summed E-state index contributed by atoms with van der Waals surface area (Å²) in [5, 5.41) is 2.95. The Labute approximate surface area is 129 Å². The quantitative estimate of drug-likeness (QED) is 0.920. The van der Waals surface area contributed by atoms with Gasteiger partial charge in [-0.15, -0.1) is 0 Å². The number of rotatable bonds is 5. The highest BCUT2D eigenvalue weighted by molar-refractivity contribution is 5.82. The lowest BCUT2D eigenvalue weighted by Gasteiger charge is -2.09. The number of methoxy groups -OCH3 is 1. The van der Waals surface area contributed by atoms with E-state index in [-0.39, 0.29) is 23.6 Å². The van der Waals surface area contributed by atoms with Crippen LogP contribution < -0.4 is 10.1 Å². The highest BCUT2D eigenvalue weighted by Gasteiger charge is 2.43. The molecule has 1 amide bonds. The first-order valence-corrected chi connectivity index (χ1v) is 7.34. The smallest absolute Gasteiger partial charge is 0.224 e. The maximum Gasteiger partial charge on any atom is 0.224 e. The summed E-state index contributed by atoms with van der Waals surface area (Å²) >= 11 is 0. The van der Waals surface area contributed by atoms with Crippen LogP contribution in [0.3, 0.4) is 0 Å². The molecule has 2 aromatic rings. The molecule has 0 aromatic heterocycles. The van der Waals surface area contributed by atoms with Crippen LogP contribution in [-0.2, 0) is 11.3 Å². The van der Waals surface area contributed by atoms with Crippen LogP contribution >= 0.6 is 0 Å². The van der Waals surface area contributed by atoms with Gasteiger partial charge in [0.1, 0.15) is 11.6 Å². The molecule has 22 heavy (non-hydrogen) atoms. The molecule has 1 aliphatic carbocycles. The molecule has 0 saturated heterocycles. The predicted molar refractivity (Wildman–Crippen MR) is 82.1 cm³/mol. The van der Waals surface area contributed by atoms with E-state index < -0.39 is 0 Å². The van der Waals surface area contributed by atoms with E-state index in [4.69, 9.17) is 4.74 Å². The van der Waals surface area contributed by atoms with Gasteiger partial charge in [-0.05, 0) is 36.1 Å². The van der Waals surface area contributed by atoms with Crippen molar-refractivity contribution in [2.45, 2.75) is 18.9 Å². The maximum absolute atomic E-state index is 12.9. The third kappa shape index (κ3) is 3.11. The normalized spacial score (nSPS) is 19.5. The Morgan fingerprint density at radius 2 is 1.95 bits per heavy atom. The van der Waals surface area contributed by atoms with Crippen molar-refractivity contribution in [3.05, 3.63) is 65.5 Å². The third-order valence-electron chi connectivity index (χ3n) is 4.07. The summed E-state index contributed by atoms with van der Waals surface area (Å²) in [6.45, 7) is 0.454. The second kappa shape index (κ2) is 6.18. The summed E-state index contributed by atoms with van der Waals surface area (Å²) in [5.41, 5.74) is 1.98. The highest BCUT2D eigenvalue weighted by atomic mass is 19.1. The van der Waals surface area contributed by atoms with E-state index in [2.05, 4.69) is 5.32 Å². The van der Waals surface area contributed by atoms with Gasteiger partial charge in [0.2, 0.25) is 5.91 Å². The maximum atomic E-state index is 12.9. The summed E-state index contributed by atoms with van der Waals surface area (Å²) in [6.07, 6.45) is 0.823. The molecule has 1 saturated carbocycles. The minimum atomic E-state index is -0.249. The zero-order chi connectivity index (χ0) is 15.5. The Morgan fingerprint density at radius 1 is 1.23 bits per heavy atom. The number of nitrogens with one attached hydrogen (secondary N) is 1. The highest BCUT2D eigenvalue weighted by Crippen LogP contribution is 2.47. The zero-order valence-corrected chi connectivity index (χ0v) is 12.4. The molecule has 0 spiro atoms. The lowest BCUT2D eigenvalue weighted by atomic mass is 10.1. The summed E-state index contributed by atoms with van der Waals surface area (Å²) in [4.78, 5) is 12.2. The van der Waals surface area contributed by atoms with E-state index >= 15 is 0 Å². The number of carbonyl (C=O) groups is 1. The molecular formula is C18H18FNO2. The van der Waals surface area contributed by atoms with Gasteiger partial charge in [0.15, 0.2) is 0 Å². The van der Waals surface area contributed by atoms with Crippen molar-refractivity contribution in [2.24, 2.45) is 5.92 Å². The first kappa shape index (κ1) is 14.6. The molecular weight excluding hydrogens is 281 g/mol. The van der Waals surface area contributed by atoms with Gasteiger partial charge in [-0.3, -0.25) is 4.79 Å². The molecule has 0 bridgehead atoms. The molecule has 2 aromatic carbocycles. The Morgan fingerprint density at radius 3 is 2.68 bits per heavy atom. The van der Waals surface area contributed by atoms with Gasteiger partial charge in [-0.2, -0.15) is 0 Å². The predicted octanol–water partition coefficient (Wildman–Crippen LogP) is 3.25. The summed E-state index contributed by atoms with van der Waals surface area (Å²) in [5.74, 6) is 0.758. The third-order valence-corrected chi connectivity index (χ3v) is 4.07. The number of ether oxygens (including phenoxy) is 1. The molecule has 3 nitrogen and oxygen atoms in total. The molecule has 1 N–H and O–H groups in total. The van der Waals surface area contributed by atoms with Crippen molar-refractivity contribution < 1.29 is 13.9 Å². The Balaban J connectivity index is 1.56. The number of benzene rings is 2. The second-order valence-electron chi connectivity index (χ2n) is 5.53. The minimum absolute atomic E-state index is 0.0137. The van der Waals surface area contributed by atoms with Crippen LogP contribution in [-0.4, -0.2) is 13.0 Å². The standard InChI is InChI=1S/C18H18FNO2/c1-22-17-5-3-2-4-13(17)11-20-18(21)16-10-15(16)12-6-8-14(19)9-7-12/h2-9,15-16H,10-11H2,1H3,(H,20,21). The fourth-order valence-corrected chi connectivity index (χ4v) is 2.73. The second-order valence-corrected chi connectivity index (χ2v) is 5.53. The molecule has 2 atom stereocenters. The Bertz CT molecular complexity index is 669. The average Bonchev–Trinajstić information content (AvgIpc) is 3.34. The largest absolute Gasteiger partial charge is 0.496 e. The van der Waals surface area contributed by atoms with Crippen LogP contribution in [0.2, 0.25) is 0 Å². The van der Waals surface area contributed by atoms with E-state index in [1.54, 1.807) is 19.2 Å². The van der Waals surface area contributed by atoms with Gasteiger partial charge >= 0.3 is 0 Å². The lowest BCUT2D eigenvalue weighted by molar-refractivity contribution is -0.122. The SMILES string of the molecule is COc1ccccc1CNC(=O)C1CC1c1ccc(F)cc1. The molecule has 1 aliphatic rings. The monoisotopic (exact) mass is 299 g/mol. The molecule has 3 rings (SSSR count). The van der Waals surface area contributed by atoms with Crippen molar-refractivity contribution in [1.82, 2.24) is 5.32 Å². The topological polar surface area (TPSA) is 38.3 Å². The number of hydrogen-bond donors (Lipinski definition) is 1. The van der Waals surface area contributed by atoms with E-state index in [1.807, 2.05) is 24.3 Å². The average molecular weight is 299 g/mol. The van der Waals surface area contributed by atoms with Crippen molar-refractivity contribution in [1.29, 1.82) is 0 Å². The van der Waals surface area contributed by atoms with Gasteiger partial charge in [-0.25, -0.2) is 4.39 Å². The lowest BCUT2D eigenvalue weighted by Crippen LogP contribution is -2.25. The van der Waals surface area contributed by atoms with E-state index in [0.29, 0.717) is 6.54 Å². The summed E-state index contributed by atoms with van der Waals surface area (Å²) in [6, 6.07) is 14.0. The van der Waals surface area contributed by atoms with Crippen LogP contribution in [0.15, 0.2) is 48.5 Å². The van der Waals surface area contributed by atoms with Gasteiger partial charge in [0.05, 0.1) is 7.11 Å². The van der Waals surface area contributed by atoms with Crippen LogP contribution in [0.5, 0.6) is 5.75 Å². The number of para-hydroxylation sites is 1. The molecule has 1 fully saturated rings. The molecule has 0 radical (unpaired) electrons. The van der Waals surface area contributed by atoms with Crippen molar-refractivity contribution in [2.75, 3.05) is 7.11 Å². The summed E-state index contributed by atoms with van der Waals surface area (Å²) in [7, 11) is 1.62. The zero-order valence-electron chi connectivity index (χ0n) is 12.4. The molecule has 0 heterocycles. The fourth-order valence-electron chi connectivity index (χ4n) is 2.73. The minimum Gasteiger partial charge on any atom is -0.496 e. The van der Waals surface area contributed by atoms with Crippen LogP contribution in [0.25, 0.3) is 0 Å². The number of halogens is 1. The van der Waals surface area contributed by atoms with Crippen molar-refractivity contribution in [3.8, 4) is 5.75 Å². The van der Waals surface area contributed by atoms with Crippen molar-refractivity contribution >= 4 is 5.91 Å². The number of carbonyl (C=O) groups excluding carboxylic acids is 1. The molecule has 2 unspecified atom stereocenters.